The first-order valence-electron chi connectivity index (χ1n) is 10.9. The monoisotopic (exact) mass is 448 g/mol. The number of ether oxygens (including phenoxy) is 2. The molecule has 1 aromatic heterocycles. The minimum atomic E-state index is -0.283. The number of nitrogens with zero attached hydrogens (tertiary/aromatic N) is 3. The molecular formula is C25H28N4O4. The molecule has 0 fully saturated rings. The van der Waals surface area contributed by atoms with Crippen molar-refractivity contribution in [3.05, 3.63) is 71.0 Å². The van der Waals surface area contributed by atoms with Crippen molar-refractivity contribution in [1.29, 1.82) is 0 Å². The van der Waals surface area contributed by atoms with Crippen LogP contribution in [0.1, 0.15) is 51.4 Å². The second-order valence-electron chi connectivity index (χ2n) is 7.91. The summed E-state index contributed by atoms with van der Waals surface area (Å²) in [7, 11) is 3.10. The average molecular weight is 449 g/mol. The van der Waals surface area contributed by atoms with Crippen LogP contribution >= 0.6 is 0 Å². The molecule has 2 heterocycles. The fourth-order valence-corrected chi connectivity index (χ4v) is 4.10. The van der Waals surface area contributed by atoms with Crippen molar-refractivity contribution in [3.8, 4) is 11.5 Å². The molecule has 1 atom stereocenters. The van der Waals surface area contributed by atoms with Crippen molar-refractivity contribution >= 4 is 17.5 Å². The zero-order valence-corrected chi connectivity index (χ0v) is 19.3. The van der Waals surface area contributed by atoms with Gasteiger partial charge in [0, 0.05) is 30.4 Å². The number of methoxy groups -OCH3 is 2. The highest BCUT2D eigenvalue weighted by Crippen LogP contribution is 2.35. The lowest BCUT2D eigenvalue weighted by atomic mass is 10.0. The van der Waals surface area contributed by atoms with E-state index in [4.69, 9.17) is 9.47 Å². The van der Waals surface area contributed by atoms with Gasteiger partial charge in [0.1, 0.15) is 5.69 Å². The molecular weight excluding hydrogens is 420 g/mol. The fraction of sp³-hybridized carbons (Fsp3) is 0.320. The Labute approximate surface area is 193 Å². The quantitative estimate of drug-likeness (QED) is 0.621. The number of aromatic nitrogens is 2. The molecule has 3 aromatic rings. The van der Waals surface area contributed by atoms with Gasteiger partial charge in [-0.2, -0.15) is 5.10 Å². The van der Waals surface area contributed by atoms with Crippen molar-refractivity contribution in [2.24, 2.45) is 0 Å². The number of fused-ring (bicyclic) bond motifs is 1. The first kappa shape index (κ1) is 22.4. The van der Waals surface area contributed by atoms with Gasteiger partial charge >= 0.3 is 0 Å². The van der Waals surface area contributed by atoms with Crippen LogP contribution in [-0.2, 0) is 6.54 Å². The van der Waals surface area contributed by atoms with Crippen LogP contribution in [-0.4, -0.2) is 42.4 Å². The summed E-state index contributed by atoms with van der Waals surface area (Å²) in [5.74, 6) is 0.755. The van der Waals surface area contributed by atoms with Crippen molar-refractivity contribution in [2.45, 2.75) is 32.9 Å². The Hall–Kier alpha value is -3.81. The van der Waals surface area contributed by atoms with Gasteiger partial charge in [0.2, 0.25) is 0 Å². The number of amides is 2. The Bertz CT molecular complexity index is 1190. The van der Waals surface area contributed by atoms with Crippen LogP contribution in [0.2, 0.25) is 0 Å². The van der Waals surface area contributed by atoms with Crippen LogP contribution in [0.15, 0.2) is 48.7 Å². The molecule has 1 aliphatic rings. The van der Waals surface area contributed by atoms with Crippen LogP contribution in [0.3, 0.4) is 0 Å². The van der Waals surface area contributed by atoms with Crippen LogP contribution in [0.4, 0.5) is 5.69 Å². The van der Waals surface area contributed by atoms with E-state index in [2.05, 4.69) is 10.4 Å². The summed E-state index contributed by atoms with van der Waals surface area (Å²) in [6, 6.07) is 12.3. The van der Waals surface area contributed by atoms with Crippen molar-refractivity contribution in [2.75, 3.05) is 25.7 Å². The molecule has 2 amide bonds. The number of benzene rings is 2. The van der Waals surface area contributed by atoms with Gasteiger partial charge in [0.05, 0.1) is 25.9 Å². The number of hydrogen-bond acceptors (Lipinski definition) is 5. The normalized spacial score (nSPS) is 15.0. The molecule has 33 heavy (non-hydrogen) atoms. The molecule has 1 N–H and O–H groups in total. The third-order valence-electron chi connectivity index (χ3n) is 5.93. The fourth-order valence-electron chi connectivity index (χ4n) is 4.10. The Balaban J connectivity index is 1.63. The summed E-state index contributed by atoms with van der Waals surface area (Å²) in [4.78, 5) is 28.1. The zero-order valence-electron chi connectivity index (χ0n) is 19.3. The first-order valence-corrected chi connectivity index (χ1v) is 10.9. The highest BCUT2D eigenvalue weighted by atomic mass is 16.5. The van der Waals surface area contributed by atoms with Crippen LogP contribution in [0, 0.1) is 6.92 Å². The van der Waals surface area contributed by atoms with Crippen LogP contribution < -0.4 is 19.7 Å². The number of anilines is 1. The van der Waals surface area contributed by atoms with E-state index in [0.29, 0.717) is 53.5 Å². The largest absolute Gasteiger partial charge is 0.493 e. The van der Waals surface area contributed by atoms with E-state index in [1.165, 1.54) is 7.11 Å². The molecule has 1 aliphatic heterocycles. The van der Waals surface area contributed by atoms with E-state index in [-0.39, 0.29) is 17.9 Å². The van der Waals surface area contributed by atoms with Gasteiger partial charge in [-0.3, -0.25) is 14.3 Å². The van der Waals surface area contributed by atoms with E-state index in [1.807, 2.05) is 44.3 Å². The molecule has 8 heteroatoms. The summed E-state index contributed by atoms with van der Waals surface area (Å²) < 4.78 is 12.4. The molecule has 8 nitrogen and oxygen atoms in total. The first-order chi connectivity index (χ1) is 16.0. The molecule has 0 saturated heterocycles. The predicted octanol–water partition coefficient (Wildman–Crippen LogP) is 3.75. The minimum absolute atomic E-state index is 0.144. The van der Waals surface area contributed by atoms with Gasteiger partial charge in [-0.15, -0.1) is 0 Å². The highest BCUT2D eigenvalue weighted by Gasteiger charge is 2.33. The molecule has 0 bridgehead atoms. The molecule has 0 spiro atoms. The predicted molar refractivity (Wildman–Crippen MR) is 125 cm³/mol. The van der Waals surface area contributed by atoms with Crippen molar-refractivity contribution in [1.82, 2.24) is 15.1 Å². The van der Waals surface area contributed by atoms with Crippen LogP contribution in [0.5, 0.6) is 11.5 Å². The van der Waals surface area contributed by atoms with Gasteiger partial charge in [-0.25, -0.2) is 0 Å². The molecule has 1 unspecified atom stereocenters. The molecule has 0 aliphatic carbocycles. The lowest BCUT2D eigenvalue weighted by molar-refractivity contribution is 0.0931. The maximum Gasteiger partial charge on any atom is 0.258 e. The smallest absolute Gasteiger partial charge is 0.258 e. The SMILES string of the molecule is CCn1cc2c(n1)C(NC(=O)c1ccccc1C)CCN2C(=O)c1ccc(OC)c(OC)c1. The standard InChI is InChI=1S/C25H28N4O4/c1-5-28-15-20-23(27-28)19(26-24(30)18-9-7-6-8-16(18)2)12-13-29(20)25(31)17-10-11-21(32-3)22(14-17)33-4/h6-11,14-15,19H,5,12-13H2,1-4H3,(H,26,30). The maximum atomic E-state index is 13.4. The summed E-state index contributed by atoms with van der Waals surface area (Å²) in [5, 5.41) is 7.78. The van der Waals surface area contributed by atoms with E-state index in [1.54, 1.807) is 34.9 Å². The lowest BCUT2D eigenvalue weighted by Gasteiger charge is -2.31. The number of aryl methyl sites for hydroxylation is 2. The Kier molecular flexibility index (Phi) is 6.35. The van der Waals surface area contributed by atoms with E-state index in [0.717, 1.165) is 5.56 Å². The summed E-state index contributed by atoms with van der Waals surface area (Å²) in [6.07, 6.45) is 2.42. The second-order valence-corrected chi connectivity index (χ2v) is 7.91. The summed E-state index contributed by atoms with van der Waals surface area (Å²) in [6.45, 7) is 5.01. The van der Waals surface area contributed by atoms with E-state index < -0.39 is 0 Å². The Morgan fingerprint density at radius 3 is 2.58 bits per heavy atom. The Morgan fingerprint density at radius 1 is 1.12 bits per heavy atom. The van der Waals surface area contributed by atoms with E-state index in [9.17, 15) is 9.59 Å². The zero-order chi connectivity index (χ0) is 23.5. The third-order valence-corrected chi connectivity index (χ3v) is 5.93. The number of nitrogens with one attached hydrogen (secondary N) is 1. The third kappa shape index (κ3) is 4.28. The lowest BCUT2D eigenvalue weighted by Crippen LogP contribution is -2.41. The van der Waals surface area contributed by atoms with Gasteiger partial charge in [-0.1, -0.05) is 18.2 Å². The molecule has 172 valence electrons. The minimum Gasteiger partial charge on any atom is -0.493 e. The maximum absolute atomic E-state index is 13.4. The van der Waals surface area contributed by atoms with Gasteiger partial charge in [0.25, 0.3) is 11.8 Å². The number of hydrogen-bond donors (Lipinski definition) is 1. The van der Waals surface area contributed by atoms with Gasteiger partial charge in [-0.05, 0) is 50.1 Å². The number of carbonyl (C=O) groups is 2. The average Bonchev–Trinajstić information content (AvgIpc) is 3.28. The topological polar surface area (TPSA) is 85.7 Å². The number of carbonyl (C=O) groups excluding carboxylic acids is 2. The highest BCUT2D eigenvalue weighted by molar-refractivity contribution is 6.07. The van der Waals surface area contributed by atoms with Crippen LogP contribution in [0.25, 0.3) is 0 Å². The second kappa shape index (κ2) is 9.36. The molecule has 2 aromatic carbocycles. The molecule has 0 saturated carbocycles. The molecule has 4 rings (SSSR count). The van der Waals surface area contributed by atoms with Crippen molar-refractivity contribution in [3.63, 3.8) is 0 Å². The Morgan fingerprint density at radius 2 is 1.88 bits per heavy atom. The number of rotatable bonds is 6. The van der Waals surface area contributed by atoms with Crippen molar-refractivity contribution < 1.29 is 19.1 Å². The van der Waals surface area contributed by atoms with E-state index >= 15 is 0 Å². The summed E-state index contributed by atoms with van der Waals surface area (Å²) >= 11 is 0. The van der Waals surface area contributed by atoms with Gasteiger partial charge < -0.3 is 19.7 Å². The van der Waals surface area contributed by atoms with Gasteiger partial charge in [0.15, 0.2) is 11.5 Å². The molecule has 0 radical (unpaired) electrons. The summed E-state index contributed by atoms with van der Waals surface area (Å²) in [5.41, 5.74) is 3.44.